The number of rotatable bonds is 1. The van der Waals surface area contributed by atoms with E-state index in [1.807, 2.05) is 0 Å². The molecule has 4 N–H and O–H groups in total. The van der Waals surface area contributed by atoms with E-state index in [0.29, 0.717) is 0 Å². The number of nitriles is 3. The Balaban J connectivity index is -0.000000107. The summed E-state index contributed by atoms with van der Waals surface area (Å²) in [6, 6.07) is 0. The van der Waals surface area contributed by atoms with Gasteiger partial charge in [-0.25, -0.2) is 5.26 Å². The van der Waals surface area contributed by atoms with Crippen molar-refractivity contribution in [1.82, 2.24) is 6.15 Å². The molecule has 0 aliphatic heterocycles. The van der Waals surface area contributed by atoms with Crippen molar-refractivity contribution in [2.45, 2.75) is 0 Å². The molecule has 0 aromatic rings. The molecule has 0 fully saturated rings. The molecule has 0 saturated heterocycles. The van der Waals surface area contributed by atoms with E-state index in [9.17, 15) is 0 Å². The van der Waals surface area contributed by atoms with E-state index in [1.165, 1.54) is 5.40 Å². The lowest BCUT2D eigenvalue weighted by atomic mass is 11.8. The first-order valence-corrected chi connectivity index (χ1v) is 4.01. The van der Waals surface area contributed by atoms with Crippen molar-refractivity contribution in [3.8, 4) is 16.2 Å². The topological polar surface area (TPSA) is 108 Å². The summed E-state index contributed by atoms with van der Waals surface area (Å²) in [6.45, 7) is 0. The van der Waals surface area contributed by atoms with E-state index in [-0.39, 0.29) is 6.15 Å². The summed E-state index contributed by atoms with van der Waals surface area (Å²) in [5.74, 6) is 0. The third-order valence-corrected chi connectivity index (χ3v) is 1.05. The van der Waals surface area contributed by atoms with Gasteiger partial charge in [0.2, 0.25) is 0 Å². The Hall–Kier alpha value is -0.650. The van der Waals surface area contributed by atoms with Crippen molar-refractivity contribution in [2.75, 3.05) is 0 Å². The minimum absolute atomic E-state index is 0. The van der Waals surface area contributed by atoms with Gasteiger partial charge in [-0.05, 0) is 0 Å². The van der Waals surface area contributed by atoms with Crippen LogP contribution in [0.2, 0.25) is 0 Å². The monoisotopic (exact) mass is 192 g/mol. The zero-order valence-electron chi connectivity index (χ0n) is 5.07. The van der Waals surface area contributed by atoms with Gasteiger partial charge in [0.25, 0.3) is 0 Å². The molecule has 0 heterocycles. The van der Waals surface area contributed by atoms with Crippen LogP contribution < -0.4 is 6.15 Å². The lowest BCUT2D eigenvalue weighted by Crippen LogP contribution is -1.30. The van der Waals surface area contributed by atoms with Gasteiger partial charge in [-0.2, -0.15) is 10.5 Å². The molecule has 0 saturated carbocycles. The standard InChI is InChI=1S/C2N2S2.CHNS.H3N/c3-1-5-6-2-4;2-1-3;/h;3H;1H3. The van der Waals surface area contributed by atoms with E-state index in [1.54, 1.807) is 10.8 Å². The first-order chi connectivity index (χ1) is 4.33. The molecule has 0 bridgehead atoms. The fourth-order valence-electron chi connectivity index (χ4n) is 0.0373. The van der Waals surface area contributed by atoms with Crippen LogP contribution in [0.5, 0.6) is 0 Å². The quantitative estimate of drug-likeness (QED) is 0.293. The average Bonchev–Trinajstić information content (AvgIpc) is 1.86. The summed E-state index contributed by atoms with van der Waals surface area (Å²) in [5, 5.41) is 27.4. The van der Waals surface area contributed by atoms with Crippen molar-refractivity contribution in [3.63, 3.8) is 0 Å². The lowest BCUT2D eigenvalue weighted by molar-refractivity contribution is 1.57. The molecular weight excluding hydrogens is 188 g/mol. The minimum Gasteiger partial charge on any atom is -0.696 e. The smallest absolute Gasteiger partial charge is 0.145 e. The molecule has 0 radical (unpaired) electrons. The average molecular weight is 192 g/mol. The zero-order chi connectivity index (χ0) is 7.54. The van der Waals surface area contributed by atoms with Crippen LogP contribution in [0.15, 0.2) is 0 Å². The largest absolute Gasteiger partial charge is 0.696 e. The van der Waals surface area contributed by atoms with Gasteiger partial charge in [0.15, 0.2) is 0 Å². The van der Waals surface area contributed by atoms with E-state index in [4.69, 9.17) is 15.8 Å². The first kappa shape index (κ1) is 16.2. The van der Waals surface area contributed by atoms with E-state index in [0.717, 1.165) is 21.6 Å². The van der Waals surface area contributed by atoms with Gasteiger partial charge in [0.1, 0.15) is 10.8 Å². The van der Waals surface area contributed by atoms with Gasteiger partial charge in [0, 0.05) is 21.6 Å². The molecule has 54 valence electrons. The lowest BCUT2D eigenvalue weighted by Gasteiger charge is -1.61. The minimum atomic E-state index is 0. The van der Waals surface area contributed by atoms with Crippen LogP contribution in [0, 0.1) is 32.0 Å². The second-order valence-corrected chi connectivity index (χ2v) is 2.32. The van der Waals surface area contributed by atoms with Gasteiger partial charge in [0.05, 0.1) is 0 Å². The summed E-state index contributed by atoms with van der Waals surface area (Å²) in [4.78, 5) is 0. The highest BCUT2D eigenvalue weighted by molar-refractivity contribution is 8.80. The summed E-state index contributed by atoms with van der Waals surface area (Å²) in [7, 11) is 1.74. The van der Waals surface area contributed by atoms with E-state index in [2.05, 4.69) is 12.6 Å². The summed E-state index contributed by atoms with van der Waals surface area (Å²) in [5.41, 5.74) is 0. The second-order valence-electron chi connectivity index (χ2n) is 0.441. The maximum atomic E-state index is 7.74. The highest BCUT2D eigenvalue weighted by atomic mass is 33.1. The van der Waals surface area contributed by atoms with E-state index >= 15 is 0 Å². The number of hydrogen-bond donors (Lipinski definition) is 1. The van der Waals surface area contributed by atoms with Crippen LogP contribution in [0.1, 0.15) is 0 Å². The van der Waals surface area contributed by atoms with Gasteiger partial charge in [-0.15, -0.1) is 0 Å². The molecule has 0 atom stereocenters. The highest BCUT2D eigenvalue weighted by Crippen LogP contribution is 2.15. The third kappa shape index (κ3) is 53.7. The molecule has 10 heavy (non-hydrogen) atoms. The zero-order valence-corrected chi connectivity index (χ0v) is 7.52. The summed E-state index contributed by atoms with van der Waals surface area (Å²) < 4.78 is 0. The van der Waals surface area contributed by atoms with Gasteiger partial charge in [-0.3, -0.25) is 0 Å². The molecular formula is C3H4N4S3. The van der Waals surface area contributed by atoms with Crippen LogP contribution in [-0.4, -0.2) is 0 Å². The maximum absolute atomic E-state index is 7.74. The van der Waals surface area contributed by atoms with Crippen LogP contribution in [0.3, 0.4) is 0 Å². The molecule has 0 aliphatic rings. The Kier molecular flexibility index (Phi) is 38.5. The first-order valence-electron chi connectivity index (χ1n) is 1.45. The third-order valence-electron chi connectivity index (χ3n) is 0.116. The second kappa shape index (κ2) is 23.8. The molecule has 0 rings (SSSR count). The van der Waals surface area contributed by atoms with Crippen LogP contribution in [-0.2, 0) is 12.6 Å². The number of nitrogens with zero attached hydrogens (tertiary/aromatic N) is 3. The highest BCUT2D eigenvalue weighted by Gasteiger charge is 1.74. The van der Waals surface area contributed by atoms with Crippen molar-refractivity contribution >= 4 is 34.2 Å². The molecule has 7 heteroatoms. The fourth-order valence-corrected chi connectivity index (χ4v) is 0.335. The molecule has 0 aliphatic carbocycles. The number of thiocyanates is 3. The predicted molar refractivity (Wildman–Crippen MR) is 45.4 cm³/mol. The van der Waals surface area contributed by atoms with Crippen LogP contribution in [0.25, 0.3) is 0 Å². The Morgan fingerprint density at radius 1 is 1.00 bits per heavy atom. The van der Waals surface area contributed by atoms with Crippen molar-refractivity contribution in [1.29, 1.82) is 15.8 Å². The van der Waals surface area contributed by atoms with Crippen LogP contribution >= 0.6 is 21.6 Å². The normalized spacial score (nSPS) is 4.10. The Morgan fingerprint density at radius 2 is 1.20 bits per heavy atom. The summed E-state index contributed by atoms with van der Waals surface area (Å²) in [6.07, 6.45) is 0. The molecule has 0 aromatic carbocycles. The number of hydrogen-bond acceptors (Lipinski definition) is 6. The Labute approximate surface area is 72.6 Å². The van der Waals surface area contributed by atoms with Crippen molar-refractivity contribution < 1.29 is 0 Å². The summed E-state index contributed by atoms with van der Waals surface area (Å²) >= 11 is 3.70. The van der Waals surface area contributed by atoms with Gasteiger partial charge in [-0.1, -0.05) is 5.40 Å². The van der Waals surface area contributed by atoms with E-state index < -0.39 is 0 Å². The SMILES string of the molecule is N#CSSC#N.N#C[S-].[NH4+]. The molecule has 0 unspecified atom stereocenters. The molecule has 0 spiro atoms. The number of quaternary nitrogens is 1. The van der Waals surface area contributed by atoms with Crippen molar-refractivity contribution in [2.24, 2.45) is 0 Å². The molecule has 0 amide bonds. The molecule has 0 aromatic heterocycles. The van der Waals surface area contributed by atoms with Crippen LogP contribution in [0.4, 0.5) is 0 Å². The predicted octanol–water partition coefficient (Wildman–Crippen LogP) is 1.72. The van der Waals surface area contributed by atoms with Gasteiger partial charge < -0.3 is 18.8 Å². The maximum Gasteiger partial charge on any atom is 0.145 e. The van der Waals surface area contributed by atoms with Gasteiger partial charge >= 0.3 is 0 Å². The Bertz CT molecular complexity index is 146. The van der Waals surface area contributed by atoms with Crippen molar-refractivity contribution in [3.05, 3.63) is 0 Å². The fraction of sp³-hybridized carbons (Fsp3) is 0. The molecule has 4 nitrogen and oxygen atoms in total. The Morgan fingerprint density at radius 3 is 1.30 bits per heavy atom.